The zero-order chi connectivity index (χ0) is 24.2. The predicted molar refractivity (Wildman–Crippen MR) is 125 cm³/mol. The number of nitrogens with one attached hydrogen (secondary N) is 2. The smallest absolute Gasteiger partial charge is 0.262 e. The van der Waals surface area contributed by atoms with E-state index in [1.165, 1.54) is 47.8 Å². The number of hydrogen-bond donors (Lipinski definition) is 2. The third-order valence-corrected chi connectivity index (χ3v) is 8.96. The topological polar surface area (TPSA) is 122 Å². The van der Waals surface area contributed by atoms with Crippen LogP contribution in [0.25, 0.3) is 0 Å². The fourth-order valence-electron chi connectivity index (χ4n) is 3.44. The number of benzene rings is 2. The van der Waals surface area contributed by atoms with Gasteiger partial charge in [0.25, 0.3) is 5.91 Å². The summed E-state index contributed by atoms with van der Waals surface area (Å²) in [5.74, 6) is 0.396. The van der Waals surface area contributed by atoms with E-state index in [1.54, 1.807) is 13.0 Å². The van der Waals surface area contributed by atoms with E-state index in [2.05, 4.69) is 17.0 Å². The van der Waals surface area contributed by atoms with Gasteiger partial charge in [0.1, 0.15) is 5.75 Å². The van der Waals surface area contributed by atoms with Crippen molar-refractivity contribution in [1.29, 1.82) is 0 Å². The average molecular weight is 496 g/mol. The lowest BCUT2D eigenvalue weighted by atomic mass is 10.0. The number of anilines is 1. The zero-order valence-electron chi connectivity index (χ0n) is 18.9. The summed E-state index contributed by atoms with van der Waals surface area (Å²) in [6.07, 6.45) is 1.69. The molecule has 0 radical (unpaired) electrons. The second-order valence-electron chi connectivity index (χ2n) is 8.08. The van der Waals surface area contributed by atoms with Crippen LogP contribution in [0.2, 0.25) is 0 Å². The third kappa shape index (κ3) is 6.11. The van der Waals surface area contributed by atoms with Crippen LogP contribution in [0.1, 0.15) is 25.3 Å². The molecule has 1 aliphatic rings. The van der Waals surface area contributed by atoms with Gasteiger partial charge < -0.3 is 10.1 Å². The first-order chi connectivity index (χ1) is 15.5. The molecule has 1 fully saturated rings. The molecular formula is C22H29N3O6S2. The Morgan fingerprint density at radius 2 is 1.64 bits per heavy atom. The van der Waals surface area contributed by atoms with Crippen molar-refractivity contribution in [2.75, 3.05) is 32.1 Å². The highest BCUT2D eigenvalue weighted by Crippen LogP contribution is 2.25. The lowest BCUT2D eigenvalue weighted by Gasteiger charge is -2.29. The Labute approximate surface area is 195 Å². The van der Waals surface area contributed by atoms with Gasteiger partial charge in [0.15, 0.2) is 6.61 Å². The van der Waals surface area contributed by atoms with E-state index in [0.29, 0.717) is 36.0 Å². The minimum Gasteiger partial charge on any atom is -0.484 e. The van der Waals surface area contributed by atoms with Gasteiger partial charge in [0.2, 0.25) is 20.0 Å². The van der Waals surface area contributed by atoms with Crippen LogP contribution < -0.4 is 14.8 Å². The lowest BCUT2D eigenvalue weighted by Crippen LogP contribution is -2.37. The molecule has 33 heavy (non-hydrogen) atoms. The molecule has 1 amide bonds. The summed E-state index contributed by atoms with van der Waals surface area (Å²) in [7, 11) is -5.88. The molecule has 1 aliphatic heterocycles. The molecule has 180 valence electrons. The predicted octanol–water partition coefficient (Wildman–Crippen LogP) is 2.34. The van der Waals surface area contributed by atoms with Gasteiger partial charge in [0, 0.05) is 18.8 Å². The standard InChI is InChI=1S/C22H29N3O6S2/c1-16-10-12-25(13-11-16)33(29,30)19-8-5-18(6-9-19)31-15-22(26)24-21-14-20(7-4-17(21)2)32(27,28)23-3/h4-9,14,16,23H,10-13,15H2,1-3H3,(H,24,26). The Balaban J connectivity index is 1.61. The van der Waals surface area contributed by atoms with Crippen molar-refractivity contribution in [3.8, 4) is 5.75 Å². The second-order valence-corrected chi connectivity index (χ2v) is 11.9. The first kappa shape index (κ1) is 25.2. The van der Waals surface area contributed by atoms with Crippen molar-refractivity contribution in [3.05, 3.63) is 48.0 Å². The first-order valence-electron chi connectivity index (χ1n) is 10.6. The van der Waals surface area contributed by atoms with Crippen LogP contribution in [0.4, 0.5) is 5.69 Å². The van der Waals surface area contributed by atoms with Crippen LogP contribution in [0, 0.1) is 12.8 Å². The van der Waals surface area contributed by atoms with E-state index in [1.807, 2.05) is 0 Å². The van der Waals surface area contributed by atoms with Gasteiger partial charge in [-0.05, 0) is 74.7 Å². The minimum absolute atomic E-state index is 0.0341. The highest BCUT2D eigenvalue weighted by molar-refractivity contribution is 7.89. The molecule has 1 heterocycles. The molecular weight excluding hydrogens is 466 g/mol. The van der Waals surface area contributed by atoms with E-state index in [-0.39, 0.29) is 16.4 Å². The fraction of sp³-hybridized carbons (Fsp3) is 0.409. The number of carbonyl (C=O) groups excluding carboxylic acids is 1. The van der Waals surface area contributed by atoms with Gasteiger partial charge in [-0.1, -0.05) is 13.0 Å². The molecule has 0 aromatic heterocycles. The summed E-state index contributed by atoms with van der Waals surface area (Å²) in [5, 5.41) is 2.64. The zero-order valence-corrected chi connectivity index (χ0v) is 20.5. The maximum absolute atomic E-state index is 12.8. The van der Waals surface area contributed by atoms with E-state index < -0.39 is 26.0 Å². The summed E-state index contributed by atoms with van der Waals surface area (Å²) in [4.78, 5) is 12.5. The van der Waals surface area contributed by atoms with Crippen LogP contribution >= 0.6 is 0 Å². The highest BCUT2D eigenvalue weighted by atomic mass is 32.2. The number of piperidine rings is 1. The quantitative estimate of drug-likeness (QED) is 0.580. The number of rotatable bonds is 8. The number of hydrogen-bond acceptors (Lipinski definition) is 6. The van der Waals surface area contributed by atoms with Crippen molar-refractivity contribution in [2.45, 2.75) is 36.5 Å². The molecule has 0 spiro atoms. The van der Waals surface area contributed by atoms with Gasteiger partial charge >= 0.3 is 0 Å². The minimum atomic E-state index is -3.64. The Hall–Kier alpha value is -2.47. The molecule has 0 bridgehead atoms. The molecule has 11 heteroatoms. The summed E-state index contributed by atoms with van der Waals surface area (Å²) in [6, 6.07) is 10.4. The number of carbonyl (C=O) groups is 1. The third-order valence-electron chi connectivity index (χ3n) is 5.64. The molecule has 0 saturated carbocycles. The van der Waals surface area contributed by atoms with Gasteiger partial charge in [-0.3, -0.25) is 4.79 Å². The van der Waals surface area contributed by atoms with Crippen molar-refractivity contribution in [1.82, 2.24) is 9.03 Å². The van der Waals surface area contributed by atoms with Crippen LogP contribution in [0.5, 0.6) is 5.75 Å². The number of sulfonamides is 2. The Morgan fingerprint density at radius 1 is 1.03 bits per heavy atom. The monoisotopic (exact) mass is 495 g/mol. The maximum atomic E-state index is 12.8. The summed E-state index contributed by atoms with van der Waals surface area (Å²) >= 11 is 0. The van der Waals surface area contributed by atoms with Gasteiger partial charge in [-0.15, -0.1) is 0 Å². The van der Waals surface area contributed by atoms with Crippen LogP contribution in [0.15, 0.2) is 52.3 Å². The molecule has 0 atom stereocenters. The number of ether oxygens (including phenoxy) is 1. The SMILES string of the molecule is CNS(=O)(=O)c1ccc(C)c(NC(=O)COc2ccc(S(=O)(=O)N3CCC(C)CC3)cc2)c1. The molecule has 1 saturated heterocycles. The summed E-state index contributed by atoms with van der Waals surface area (Å²) in [6.45, 7) is 4.57. The van der Waals surface area contributed by atoms with Gasteiger partial charge in [-0.25, -0.2) is 21.6 Å². The molecule has 3 rings (SSSR count). The van der Waals surface area contributed by atoms with Crippen molar-refractivity contribution in [2.24, 2.45) is 5.92 Å². The largest absolute Gasteiger partial charge is 0.484 e. The number of amides is 1. The molecule has 0 aliphatic carbocycles. The lowest BCUT2D eigenvalue weighted by molar-refractivity contribution is -0.118. The Morgan fingerprint density at radius 3 is 2.24 bits per heavy atom. The van der Waals surface area contributed by atoms with Gasteiger partial charge in [0.05, 0.1) is 9.79 Å². The van der Waals surface area contributed by atoms with E-state index in [0.717, 1.165) is 12.8 Å². The molecule has 9 nitrogen and oxygen atoms in total. The van der Waals surface area contributed by atoms with Crippen LogP contribution in [0.3, 0.4) is 0 Å². The molecule has 2 N–H and O–H groups in total. The van der Waals surface area contributed by atoms with E-state index in [4.69, 9.17) is 4.74 Å². The van der Waals surface area contributed by atoms with Crippen molar-refractivity contribution in [3.63, 3.8) is 0 Å². The van der Waals surface area contributed by atoms with Crippen molar-refractivity contribution >= 4 is 31.6 Å². The average Bonchev–Trinajstić information content (AvgIpc) is 2.79. The molecule has 0 unspecified atom stereocenters. The van der Waals surface area contributed by atoms with E-state index in [9.17, 15) is 21.6 Å². The van der Waals surface area contributed by atoms with Crippen LogP contribution in [-0.2, 0) is 24.8 Å². The first-order valence-corrected chi connectivity index (χ1v) is 13.5. The molecule has 2 aromatic carbocycles. The second kappa shape index (κ2) is 10.2. The maximum Gasteiger partial charge on any atom is 0.262 e. The summed E-state index contributed by atoms with van der Waals surface area (Å²) < 4.78 is 58.8. The number of aryl methyl sites for hydroxylation is 1. The normalized spacial score (nSPS) is 15.8. The fourth-order valence-corrected chi connectivity index (χ4v) is 5.66. The number of nitrogens with zero attached hydrogens (tertiary/aromatic N) is 1. The van der Waals surface area contributed by atoms with Crippen LogP contribution in [-0.4, -0.2) is 53.8 Å². The molecule has 2 aromatic rings. The van der Waals surface area contributed by atoms with Gasteiger partial charge in [-0.2, -0.15) is 4.31 Å². The van der Waals surface area contributed by atoms with Crippen molar-refractivity contribution < 1.29 is 26.4 Å². The Bertz CT molecular complexity index is 1200. The Kier molecular flexibility index (Phi) is 7.78. The van der Waals surface area contributed by atoms with E-state index >= 15 is 0 Å². The summed E-state index contributed by atoms with van der Waals surface area (Å²) in [5.41, 5.74) is 1.05. The highest BCUT2D eigenvalue weighted by Gasteiger charge is 2.28.